The zero-order chi connectivity index (χ0) is 22.8. The smallest absolute Gasteiger partial charge is 0.168 e. The molecule has 7 nitrogen and oxygen atoms in total. The van der Waals surface area contributed by atoms with Crippen LogP contribution in [0.1, 0.15) is 5.56 Å². The minimum absolute atomic E-state index is 0.228. The predicted molar refractivity (Wildman–Crippen MR) is 129 cm³/mol. The number of anilines is 3. The largest absolute Gasteiger partial charge is 0.497 e. The third-order valence-electron chi connectivity index (χ3n) is 5.37. The molecule has 0 spiro atoms. The van der Waals surface area contributed by atoms with Crippen LogP contribution in [0.2, 0.25) is 0 Å². The summed E-state index contributed by atoms with van der Waals surface area (Å²) in [6.07, 6.45) is 0. The van der Waals surface area contributed by atoms with Crippen LogP contribution < -0.4 is 15.8 Å². The van der Waals surface area contributed by atoms with E-state index in [9.17, 15) is 5.26 Å². The van der Waals surface area contributed by atoms with Gasteiger partial charge in [0.05, 0.1) is 18.4 Å². The van der Waals surface area contributed by atoms with E-state index in [1.165, 1.54) is 4.52 Å². The number of benzene rings is 3. The number of hydrogen-bond donors (Lipinski definition) is 2. The number of nitrogens with zero attached hydrogens (tertiary/aromatic N) is 4. The average molecular weight is 432 g/mol. The van der Waals surface area contributed by atoms with Crippen LogP contribution >= 0.6 is 0 Å². The Kier molecular flexibility index (Phi) is 5.09. The lowest BCUT2D eigenvalue weighted by atomic mass is 10.1. The van der Waals surface area contributed by atoms with Crippen LogP contribution in [0.15, 0.2) is 84.9 Å². The van der Waals surface area contributed by atoms with Crippen molar-refractivity contribution in [2.45, 2.75) is 0 Å². The topological polar surface area (TPSA) is 101 Å². The molecule has 0 aliphatic heterocycles. The van der Waals surface area contributed by atoms with E-state index in [0.717, 1.165) is 28.1 Å². The Morgan fingerprint density at radius 3 is 2.21 bits per heavy atom. The maximum atomic E-state index is 9.90. The van der Waals surface area contributed by atoms with Gasteiger partial charge in [0.1, 0.15) is 23.2 Å². The zero-order valence-corrected chi connectivity index (χ0v) is 17.9. The summed E-state index contributed by atoms with van der Waals surface area (Å²) in [6, 6.07) is 29.2. The Morgan fingerprint density at radius 1 is 0.909 bits per heavy atom. The van der Waals surface area contributed by atoms with Crippen LogP contribution in [0.25, 0.3) is 28.0 Å². The van der Waals surface area contributed by atoms with E-state index in [2.05, 4.69) is 11.4 Å². The molecule has 0 radical (unpaired) electrons. The summed E-state index contributed by atoms with van der Waals surface area (Å²) in [7, 11) is 1.61. The first-order valence-electron chi connectivity index (χ1n) is 10.3. The van der Waals surface area contributed by atoms with Crippen molar-refractivity contribution < 1.29 is 4.74 Å². The fourth-order valence-corrected chi connectivity index (χ4v) is 3.75. The molecule has 0 aliphatic rings. The highest BCUT2D eigenvalue weighted by Gasteiger charge is 2.22. The molecular weight excluding hydrogens is 412 g/mol. The molecule has 0 fully saturated rings. The summed E-state index contributed by atoms with van der Waals surface area (Å²) >= 11 is 0. The molecular formula is C26H20N6O. The molecule has 0 bridgehead atoms. The fraction of sp³-hybridized carbons (Fsp3) is 0.0385. The highest BCUT2D eigenvalue weighted by atomic mass is 16.5. The highest BCUT2D eigenvalue weighted by molar-refractivity contribution is 5.91. The van der Waals surface area contributed by atoms with Gasteiger partial charge in [0.15, 0.2) is 11.5 Å². The molecule has 0 aliphatic carbocycles. The van der Waals surface area contributed by atoms with Crippen molar-refractivity contribution >= 4 is 23.0 Å². The number of nitriles is 1. The van der Waals surface area contributed by atoms with Crippen molar-refractivity contribution in [3.8, 4) is 34.2 Å². The highest BCUT2D eigenvalue weighted by Crippen LogP contribution is 2.37. The monoisotopic (exact) mass is 432 g/mol. The van der Waals surface area contributed by atoms with E-state index in [1.807, 2.05) is 84.9 Å². The number of para-hydroxylation sites is 1. The average Bonchev–Trinajstić information content (AvgIpc) is 3.23. The minimum atomic E-state index is 0.228. The van der Waals surface area contributed by atoms with Gasteiger partial charge in [-0.15, -0.1) is 5.10 Å². The standard InChI is InChI=1S/C26H20N6O/c1-33-20-14-12-18(13-15-20)23-21(16-27)24(28)32-26(30-23)22(17-8-4-2-5-9-17)25(31-32)29-19-10-6-3-7-11-19/h2-15H,28H2,1H3,(H,29,31). The first-order valence-corrected chi connectivity index (χ1v) is 10.3. The Labute approximate surface area is 190 Å². The molecule has 0 saturated heterocycles. The normalized spacial score (nSPS) is 10.7. The van der Waals surface area contributed by atoms with Crippen molar-refractivity contribution in [1.29, 1.82) is 5.26 Å². The number of fused-ring (bicyclic) bond motifs is 1. The second-order valence-electron chi connectivity index (χ2n) is 7.38. The summed E-state index contributed by atoms with van der Waals surface area (Å²) in [5.41, 5.74) is 11.2. The lowest BCUT2D eigenvalue weighted by Gasteiger charge is -2.10. The SMILES string of the molecule is COc1ccc(-c2nc3c(-c4ccccc4)c(Nc4ccccc4)nn3c(N)c2C#N)cc1. The van der Waals surface area contributed by atoms with Crippen LogP contribution in [0.4, 0.5) is 17.3 Å². The summed E-state index contributed by atoms with van der Waals surface area (Å²) < 4.78 is 6.79. The summed E-state index contributed by atoms with van der Waals surface area (Å²) in [5, 5.41) is 18.0. The molecule has 3 N–H and O–H groups in total. The van der Waals surface area contributed by atoms with Gasteiger partial charge in [0.25, 0.3) is 0 Å². The van der Waals surface area contributed by atoms with Gasteiger partial charge >= 0.3 is 0 Å². The number of ether oxygens (including phenoxy) is 1. The van der Waals surface area contributed by atoms with Crippen LogP contribution in [0.3, 0.4) is 0 Å². The van der Waals surface area contributed by atoms with Crippen molar-refractivity contribution in [1.82, 2.24) is 14.6 Å². The van der Waals surface area contributed by atoms with Crippen LogP contribution in [0.5, 0.6) is 5.75 Å². The molecule has 2 aromatic heterocycles. The van der Waals surface area contributed by atoms with E-state index in [1.54, 1.807) is 7.11 Å². The molecule has 0 amide bonds. The van der Waals surface area contributed by atoms with E-state index >= 15 is 0 Å². The Hall–Kier alpha value is -4.83. The number of rotatable bonds is 5. The maximum absolute atomic E-state index is 9.90. The van der Waals surface area contributed by atoms with Gasteiger partial charge < -0.3 is 15.8 Å². The second-order valence-corrected chi connectivity index (χ2v) is 7.38. The Bertz CT molecular complexity index is 1470. The number of aromatic nitrogens is 3. The van der Waals surface area contributed by atoms with Crippen molar-refractivity contribution in [3.05, 3.63) is 90.5 Å². The molecule has 3 aromatic carbocycles. The Morgan fingerprint density at radius 2 is 1.58 bits per heavy atom. The Balaban J connectivity index is 1.78. The predicted octanol–water partition coefficient (Wildman–Crippen LogP) is 5.27. The van der Waals surface area contributed by atoms with Crippen LogP contribution in [-0.2, 0) is 0 Å². The van der Waals surface area contributed by atoms with Crippen LogP contribution in [-0.4, -0.2) is 21.7 Å². The number of hydrogen-bond acceptors (Lipinski definition) is 6. The maximum Gasteiger partial charge on any atom is 0.168 e. The minimum Gasteiger partial charge on any atom is -0.497 e. The van der Waals surface area contributed by atoms with Gasteiger partial charge in [-0.05, 0) is 42.0 Å². The van der Waals surface area contributed by atoms with Crippen molar-refractivity contribution in [3.63, 3.8) is 0 Å². The molecule has 0 atom stereocenters. The van der Waals surface area contributed by atoms with E-state index < -0.39 is 0 Å². The zero-order valence-electron chi connectivity index (χ0n) is 17.9. The fourth-order valence-electron chi connectivity index (χ4n) is 3.75. The van der Waals surface area contributed by atoms with Gasteiger partial charge in [-0.3, -0.25) is 0 Å². The van der Waals surface area contributed by atoms with E-state index in [-0.39, 0.29) is 11.4 Å². The third kappa shape index (κ3) is 3.60. The summed E-state index contributed by atoms with van der Waals surface area (Å²) in [6.45, 7) is 0. The molecule has 7 heteroatoms. The molecule has 5 rings (SSSR count). The second kappa shape index (κ2) is 8.36. The first kappa shape index (κ1) is 20.1. The van der Waals surface area contributed by atoms with Crippen molar-refractivity contribution in [2.24, 2.45) is 0 Å². The van der Waals surface area contributed by atoms with Gasteiger partial charge in [-0.1, -0.05) is 48.5 Å². The summed E-state index contributed by atoms with van der Waals surface area (Å²) in [5.74, 6) is 1.55. The summed E-state index contributed by atoms with van der Waals surface area (Å²) in [4.78, 5) is 4.89. The van der Waals surface area contributed by atoms with Gasteiger partial charge in [0.2, 0.25) is 0 Å². The van der Waals surface area contributed by atoms with Crippen LogP contribution in [0, 0.1) is 11.3 Å². The third-order valence-corrected chi connectivity index (χ3v) is 5.37. The number of nitrogens with one attached hydrogen (secondary N) is 1. The quantitative estimate of drug-likeness (QED) is 0.392. The van der Waals surface area contributed by atoms with Gasteiger partial charge in [-0.2, -0.15) is 9.78 Å². The molecule has 5 aromatic rings. The lowest BCUT2D eigenvalue weighted by Crippen LogP contribution is -2.06. The lowest BCUT2D eigenvalue weighted by molar-refractivity contribution is 0.415. The number of nitrogens with two attached hydrogens (primary N) is 1. The molecule has 2 heterocycles. The molecule has 160 valence electrons. The van der Waals surface area contributed by atoms with Gasteiger partial charge in [0, 0.05) is 11.3 Å². The number of methoxy groups -OCH3 is 1. The molecule has 0 saturated carbocycles. The number of nitrogen functional groups attached to an aromatic ring is 1. The van der Waals surface area contributed by atoms with E-state index in [0.29, 0.717) is 17.2 Å². The molecule has 33 heavy (non-hydrogen) atoms. The van der Waals surface area contributed by atoms with Gasteiger partial charge in [-0.25, -0.2) is 4.98 Å². The van der Waals surface area contributed by atoms with E-state index in [4.69, 9.17) is 20.6 Å². The first-order chi connectivity index (χ1) is 16.2. The molecule has 0 unspecified atom stereocenters. The van der Waals surface area contributed by atoms with Crippen molar-refractivity contribution in [2.75, 3.05) is 18.2 Å².